The van der Waals surface area contributed by atoms with E-state index in [2.05, 4.69) is 5.32 Å². The first-order chi connectivity index (χ1) is 8.84. The zero-order valence-electron chi connectivity index (χ0n) is 10.9. The van der Waals surface area contributed by atoms with E-state index in [0.717, 1.165) is 19.0 Å². The molecule has 0 saturated carbocycles. The lowest BCUT2D eigenvalue weighted by atomic mass is 10.2. The highest BCUT2D eigenvalue weighted by Gasteiger charge is 2.34. The van der Waals surface area contributed by atoms with Crippen molar-refractivity contribution in [1.29, 1.82) is 0 Å². The summed E-state index contributed by atoms with van der Waals surface area (Å²) in [5.74, 6) is -1.28. The van der Waals surface area contributed by atoms with E-state index in [4.69, 9.17) is 4.74 Å². The van der Waals surface area contributed by atoms with Crippen molar-refractivity contribution in [2.75, 3.05) is 13.1 Å². The molecular formula is C13H17F4NO. The fourth-order valence-corrected chi connectivity index (χ4v) is 1.55. The molecule has 19 heavy (non-hydrogen) atoms. The molecule has 0 radical (unpaired) electrons. The Balaban J connectivity index is 2.69. The maximum atomic E-state index is 13.1. The number of alkyl halides is 3. The van der Waals surface area contributed by atoms with Gasteiger partial charge in [0.15, 0.2) is 0 Å². The van der Waals surface area contributed by atoms with Crippen molar-refractivity contribution in [3.63, 3.8) is 0 Å². The second-order valence-electron chi connectivity index (χ2n) is 4.27. The summed E-state index contributed by atoms with van der Waals surface area (Å²) in [4.78, 5) is 0. The fraction of sp³-hybridized carbons (Fsp3) is 0.538. The van der Waals surface area contributed by atoms with Gasteiger partial charge in [-0.2, -0.15) is 13.2 Å². The third kappa shape index (κ3) is 5.06. The molecule has 0 spiro atoms. The molecule has 1 atom stereocenters. The molecule has 1 rings (SSSR count). The summed E-state index contributed by atoms with van der Waals surface area (Å²) in [7, 11) is 0. The van der Waals surface area contributed by atoms with E-state index in [1.54, 1.807) is 6.92 Å². The molecule has 0 bridgehead atoms. The SMILES string of the molecule is CCCNCC(C)Oc1ccc(F)c(C(F)(F)F)c1. The molecule has 0 amide bonds. The monoisotopic (exact) mass is 279 g/mol. The minimum absolute atomic E-state index is 0.0134. The Morgan fingerprint density at radius 1 is 1.32 bits per heavy atom. The van der Waals surface area contributed by atoms with Gasteiger partial charge in [-0.05, 0) is 38.1 Å². The Morgan fingerprint density at radius 2 is 2.00 bits per heavy atom. The number of ether oxygens (including phenoxy) is 1. The second kappa shape index (κ2) is 6.75. The van der Waals surface area contributed by atoms with Gasteiger partial charge in [-0.1, -0.05) is 6.92 Å². The van der Waals surface area contributed by atoms with E-state index >= 15 is 0 Å². The Bertz CT molecular complexity index is 406. The molecular weight excluding hydrogens is 262 g/mol. The highest BCUT2D eigenvalue weighted by molar-refractivity contribution is 5.31. The summed E-state index contributed by atoms with van der Waals surface area (Å²) in [5.41, 5.74) is -1.31. The van der Waals surface area contributed by atoms with Gasteiger partial charge < -0.3 is 10.1 Å². The van der Waals surface area contributed by atoms with Crippen LogP contribution in [0.25, 0.3) is 0 Å². The predicted octanol–water partition coefficient (Wildman–Crippen LogP) is 3.61. The highest BCUT2D eigenvalue weighted by Crippen LogP contribution is 2.33. The molecule has 6 heteroatoms. The third-order valence-corrected chi connectivity index (χ3v) is 2.44. The average molecular weight is 279 g/mol. The second-order valence-corrected chi connectivity index (χ2v) is 4.27. The quantitative estimate of drug-likeness (QED) is 0.634. The lowest BCUT2D eigenvalue weighted by Gasteiger charge is -2.16. The molecule has 0 aliphatic heterocycles. The molecule has 108 valence electrons. The van der Waals surface area contributed by atoms with Gasteiger partial charge in [0.25, 0.3) is 0 Å². The molecule has 0 heterocycles. The number of rotatable bonds is 6. The number of hydrogen-bond donors (Lipinski definition) is 1. The molecule has 0 fully saturated rings. The minimum atomic E-state index is -4.72. The van der Waals surface area contributed by atoms with Crippen molar-refractivity contribution in [1.82, 2.24) is 5.32 Å². The van der Waals surface area contributed by atoms with Crippen LogP contribution >= 0.6 is 0 Å². The van der Waals surface area contributed by atoms with E-state index in [1.165, 1.54) is 6.07 Å². The van der Waals surface area contributed by atoms with Crippen LogP contribution in [0, 0.1) is 5.82 Å². The Kier molecular flexibility index (Phi) is 5.60. The van der Waals surface area contributed by atoms with Crippen LogP contribution in [-0.2, 0) is 6.18 Å². The van der Waals surface area contributed by atoms with Crippen LogP contribution in [0.4, 0.5) is 17.6 Å². The van der Waals surface area contributed by atoms with E-state index in [-0.39, 0.29) is 11.9 Å². The first kappa shape index (κ1) is 15.8. The van der Waals surface area contributed by atoms with Crippen molar-refractivity contribution in [2.24, 2.45) is 0 Å². The van der Waals surface area contributed by atoms with Gasteiger partial charge in [0.1, 0.15) is 17.7 Å². The summed E-state index contributed by atoms with van der Waals surface area (Å²) in [6.45, 7) is 5.07. The molecule has 1 aromatic carbocycles. The van der Waals surface area contributed by atoms with Gasteiger partial charge in [-0.3, -0.25) is 0 Å². The van der Waals surface area contributed by atoms with Gasteiger partial charge in [-0.25, -0.2) is 4.39 Å². The van der Waals surface area contributed by atoms with Crippen LogP contribution < -0.4 is 10.1 Å². The first-order valence-electron chi connectivity index (χ1n) is 6.08. The summed E-state index contributed by atoms with van der Waals surface area (Å²) in [6.07, 6.45) is -4.05. The van der Waals surface area contributed by atoms with E-state index < -0.39 is 17.6 Å². The van der Waals surface area contributed by atoms with Gasteiger partial charge in [0.05, 0.1) is 5.56 Å². The highest BCUT2D eigenvalue weighted by atomic mass is 19.4. The summed E-state index contributed by atoms with van der Waals surface area (Å²) >= 11 is 0. The predicted molar refractivity (Wildman–Crippen MR) is 64.7 cm³/mol. The number of benzene rings is 1. The largest absolute Gasteiger partial charge is 0.489 e. The molecule has 0 aliphatic carbocycles. The Morgan fingerprint density at radius 3 is 2.58 bits per heavy atom. The summed E-state index contributed by atoms with van der Waals surface area (Å²) in [5, 5.41) is 3.09. The molecule has 0 saturated heterocycles. The van der Waals surface area contributed by atoms with Crippen molar-refractivity contribution >= 4 is 0 Å². The average Bonchev–Trinajstić information content (AvgIpc) is 2.30. The topological polar surface area (TPSA) is 21.3 Å². The molecule has 1 aromatic rings. The van der Waals surface area contributed by atoms with E-state index in [0.29, 0.717) is 12.6 Å². The van der Waals surface area contributed by atoms with Crippen molar-refractivity contribution < 1.29 is 22.3 Å². The minimum Gasteiger partial charge on any atom is -0.489 e. The summed E-state index contributed by atoms with van der Waals surface area (Å²) in [6, 6.07) is 2.65. The molecule has 2 nitrogen and oxygen atoms in total. The van der Waals surface area contributed by atoms with Crippen LogP contribution in [0.3, 0.4) is 0 Å². The van der Waals surface area contributed by atoms with Gasteiger partial charge in [0, 0.05) is 6.54 Å². The van der Waals surface area contributed by atoms with Gasteiger partial charge in [0.2, 0.25) is 0 Å². The molecule has 0 aliphatic rings. The molecule has 1 unspecified atom stereocenters. The van der Waals surface area contributed by atoms with Crippen LogP contribution in [0.2, 0.25) is 0 Å². The first-order valence-corrected chi connectivity index (χ1v) is 6.08. The number of halogens is 4. The lowest BCUT2D eigenvalue weighted by molar-refractivity contribution is -0.140. The van der Waals surface area contributed by atoms with Crippen molar-refractivity contribution in [3.05, 3.63) is 29.6 Å². The number of nitrogens with one attached hydrogen (secondary N) is 1. The zero-order valence-corrected chi connectivity index (χ0v) is 10.9. The maximum Gasteiger partial charge on any atom is 0.419 e. The van der Waals surface area contributed by atoms with Crippen molar-refractivity contribution in [3.8, 4) is 5.75 Å². The van der Waals surface area contributed by atoms with Gasteiger partial charge in [-0.15, -0.1) is 0 Å². The lowest BCUT2D eigenvalue weighted by Crippen LogP contribution is -2.29. The maximum absolute atomic E-state index is 13.1. The smallest absolute Gasteiger partial charge is 0.419 e. The van der Waals surface area contributed by atoms with Crippen LogP contribution in [-0.4, -0.2) is 19.2 Å². The van der Waals surface area contributed by atoms with E-state index in [9.17, 15) is 17.6 Å². The van der Waals surface area contributed by atoms with Gasteiger partial charge >= 0.3 is 6.18 Å². The Hall–Kier alpha value is -1.30. The van der Waals surface area contributed by atoms with Crippen LogP contribution in [0.15, 0.2) is 18.2 Å². The molecule has 0 aromatic heterocycles. The van der Waals surface area contributed by atoms with E-state index in [1.807, 2.05) is 6.92 Å². The summed E-state index contributed by atoms with van der Waals surface area (Å²) < 4.78 is 55.9. The zero-order chi connectivity index (χ0) is 14.5. The standard InChI is InChI=1S/C13H17F4NO/c1-3-6-18-8-9(2)19-10-4-5-12(14)11(7-10)13(15,16)17/h4-5,7,9,18H,3,6,8H2,1-2H3. The Labute approximate surface area is 109 Å². The van der Waals surface area contributed by atoms with Crippen LogP contribution in [0.1, 0.15) is 25.8 Å². The number of hydrogen-bond acceptors (Lipinski definition) is 2. The molecule has 1 N–H and O–H groups in total. The van der Waals surface area contributed by atoms with Crippen molar-refractivity contribution in [2.45, 2.75) is 32.5 Å². The normalized spacial score (nSPS) is 13.4. The van der Waals surface area contributed by atoms with Crippen LogP contribution in [0.5, 0.6) is 5.75 Å². The fourth-order valence-electron chi connectivity index (χ4n) is 1.55. The third-order valence-electron chi connectivity index (χ3n) is 2.44.